The maximum atomic E-state index is 12.9. The van der Waals surface area contributed by atoms with E-state index in [1.54, 1.807) is 29.2 Å². The Morgan fingerprint density at radius 1 is 1.15 bits per heavy atom. The first kappa shape index (κ1) is 18.2. The Morgan fingerprint density at radius 3 is 2.62 bits per heavy atom. The number of nitrogens with zero attached hydrogens (tertiary/aromatic N) is 2. The van der Waals surface area contributed by atoms with Gasteiger partial charge in [0.05, 0.1) is 18.9 Å². The molecule has 2 aromatic rings. The van der Waals surface area contributed by atoms with Crippen LogP contribution in [0.4, 0.5) is 5.69 Å². The number of piperidine rings is 1. The van der Waals surface area contributed by atoms with E-state index < -0.39 is 10.0 Å². The van der Waals surface area contributed by atoms with Gasteiger partial charge in [-0.15, -0.1) is 0 Å². The number of aromatic nitrogens is 1. The molecule has 0 radical (unpaired) electrons. The van der Waals surface area contributed by atoms with Crippen LogP contribution in [-0.4, -0.2) is 44.4 Å². The molecule has 0 unspecified atom stereocenters. The Balaban J connectivity index is 1.94. The van der Waals surface area contributed by atoms with Gasteiger partial charge in [0.1, 0.15) is 16.3 Å². The predicted molar refractivity (Wildman–Crippen MR) is 97.8 cm³/mol. The minimum atomic E-state index is -3.98. The number of likely N-dealkylation sites (tertiary alicyclic amines) is 1. The molecule has 0 bridgehead atoms. The monoisotopic (exact) mass is 375 g/mol. The lowest BCUT2D eigenvalue weighted by Gasteiger charge is -2.27. The second-order valence-electron chi connectivity index (χ2n) is 6.03. The molecule has 3 rings (SSSR count). The number of carbonyl (C=O) groups excluding carboxylic acids is 1. The number of ether oxygens (including phenoxy) is 1. The molecule has 1 fully saturated rings. The number of carbonyl (C=O) groups is 1. The van der Waals surface area contributed by atoms with Crippen molar-refractivity contribution in [3.8, 4) is 5.75 Å². The van der Waals surface area contributed by atoms with Crippen molar-refractivity contribution in [2.45, 2.75) is 24.2 Å². The van der Waals surface area contributed by atoms with Crippen molar-refractivity contribution in [1.29, 1.82) is 0 Å². The van der Waals surface area contributed by atoms with Crippen molar-refractivity contribution in [2.24, 2.45) is 0 Å². The highest BCUT2D eigenvalue weighted by molar-refractivity contribution is 7.92. The van der Waals surface area contributed by atoms with Gasteiger partial charge in [-0.05, 0) is 31.4 Å². The molecule has 8 heteroatoms. The standard InChI is InChI=1S/C18H21N3O4S/c1-25-16-9-10-19-13-15(16)20-26(23,24)17-8-4-3-7-14(17)18(22)21-11-5-2-6-12-21/h3-4,7-10,13,20H,2,5-6,11-12H2,1H3. The number of benzene rings is 1. The third-order valence-corrected chi connectivity index (χ3v) is 5.72. The number of sulfonamides is 1. The number of rotatable bonds is 5. The van der Waals surface area contributed by atoms with Crippen LogP contribution in [-0.2, 0) is 10.0 Å². The highest BCUT2D eigenvalue weighted by Gasteiger charge is 2.26. The molecule has 1 aromatic carbocycles. The van der Waals surface area contributed by atoms with Gasteiger partial charge < -0.3 is 9.64 Å². The Labute approximate surface area is 153 Å². The zero-order valence-electron chi connectivity index (χ0n) is 14.5. The molecule has 0 spiro atoms. The summed E-state index contributed by atoms with van der Waals surface area (Å²) in [6, 6.07) is 7.81. The Hall–Kier alpha value is -2.61. The molecule has 7 nitrogen and oxygen atoms in total. The maximum Gasteiger partial charge on any atom is 0.262 e. The van der Waals surface area contributed by atoms with Gasteiger partial charge in [-0.25, -0.2) is 8.42 Å². The predicted octanol–water partition coefficient (Wildman–Crippen LogP) is 2.52. The lowest BCUT2D eigenvalue weighted by atomic mass is 10.1. The molecule has 2 heterocycles. The third kappa shape index (κ3) is 3.80. The largest absolute Gasteiger partial charge is 0.494 e. The summed E-state index contributed by atoms with van der Waals surface area (Å²) in [4.78, 5) is 18.4. The van der Waals surface area contributed by atoms with Crippen molar-refractivity contribution >= 4 is 21.6 Å². The first-order valence-corrected chi connectivity index (χ1v) is 9.90. The molecular weight excluding hydrogens is 354 g/mol. The SMILES string of the molecule is COc1ccncc1NS(=O)(=O)c1ccccc1C(=O)N1CCCCC1. The molecular formula is C18H21N3O4S. The molecule has 1 N–H and O–H groups in total. The number of amides is 1. The third-order valence-electron chi connectivity index (χ3n) is 4.30. The Morgan fingerprint density at radius 2 is 1.88 bits per heavy atom. The maximum absolute atomic E-state index is 12.9. The van der Waals surface area contributed by atoms with Crippen molar-refractivity contribution < 1.29 is 17.9 Å². The first-order chi connectivity index (χ1) is 12.5. The molecule has 138 valence electrons. The summed E-state index contributed by atoms with van der Waals surface area (Å²) < 4.78 is 33.4. The smallest absolute Gasteiger partial charge is 0.262 e. The zero-order chi connectivity index (χ0) is 18.6. The summed E-state index contributed by atoms with van der Waals surface area (Å²) in [7, 11) is -2.53. The van der Waals surface area contributed by atoms with Gasteiger partial charge in [-0.2, -0.15) is 0 Å². The number of hydrogen-bond acceptors (Lipinski definition) is 5. The van der Waals surface area contributed by atoms with E-state index in [1.807, 2.05) is 0 Å². The summed E-state index contributed by atoms with van der Waals surface area (Å²) >= 11 is 0. The zero-order valence-corrected chi connectivity index (χ0v) is 15.3. The quantitative estimate of drug-likeness (QED) is 0.867. The van der Waals surface area contributed by atoms with Crippen molar-refractivity contribution in [3.63, 3.8) is 0 Å². The molecule has 26 heavy (non-hydrogen) atoms. The summed E-state index contributed by atoms with van der Waals surface area (Å²) in [5.41, 5.74) is 0.389. The number of methoxy groups -OCH3 is 1. The van der Waals surface area contributed by atoms with E-state index in [2.05, 4.69) is 9.71 Å². The Kier molecular flexibility index (Phi) is 5.41. The lowest BCUT2D eigenvalue weighted by molar-refractivity contribution is 0.0720. The van der Waals surface area contributed by atoms with Crippen LogP contribution in [0.1, 0.15) is 29.6 Å². The second kappa shape index (κ2) is 7.74. The average Bonchev–Trinajstić information content (AvgIpc) is 2.68. The normalized spacial score (nSPS) is 14.7. The molecule has 1 aliphatic rings. The number of nitrogens with one attached hydrogen (secondary N) is 1. The van der Waals surface area contributed by atoms with Gasteiger partial charge in [0.25, 0.3) is 15.9 Å². The molecule has 1 aliphatic heterocycles. The fraction of sp³-hybridized carbons (Fsp3) is 0.333. The van der Waals surface area contributed by atoms with E-state index in [4.69, 9.17) is 4.74 Å². The molecule has 1 saturated heterocycles. The minimum Gasteiger partial charge on any atom is -0.494 e. The van der Waals surface area contributed by atoms with Gasteiger partial charge in [0.15, 0.2) is 0 Å². The number of pyridine rings is 1. The van der Waals surface area contributed by atoms with Crippen LogP contribution in [0.2, 0.25) is 0 Å². The van der Waals surface area contributed by atoms with Gasteiger partial charge in [-0.3, -0.25) is 14.5 Å². The number of anilines is 1. The van der Waals surface area contributed by atoms with Crippen molar-refractivity contribution in [1.82, 2.24) is 9.88 Å². The molecule has 1 aromatic heterocycles. The van der Waals surface area contributed by atoms with Crippen LogP contribution in [0.3, 0.4) is 0 Å². The van der Waals surface area contributed by atoms with Gasteiger partial charge >= 0.3 is 0 Å². The van der Waals surface area contributed by atoms with Crippen LogP contribution in [0.15, 0.2) is 47.6 Å². The van der Waals surface area contributed by atoms with Crippen molar-refractivity contribution in [2.75, 3.05) is 24.9 Å². The van der Waals surface area contributed by atoms with E-state index in [0.717, 1.165) is 19.3 Å². The van der Waals surface area contributed by atoms with E-state index in [9.17, 15) is 13.2 Å². The van der Waals surface area contributed by atoms with Crippen LogP contribution < -0.4 is 9.46 Å². The summed E-state index contributed by atoms with van der Waals surface area (Å²) in [6.07, 6.45) is 5.83. The molecule has 0 aliphatic carbocycles. The van der Waals surface area contributed by atoms with Crippen LogP contribution in [0.25, 0.3) is 0 Å². The van der Waals surface area contributed by atoms with Crippen LogP contribution in [0, 0.1) is 0 Å². The van der Waals surface area contributed by atoms with E-state index >= 15 is 0 Å². The highest BCUT2D eigenvalue weighted by Crippen LogP contribution is 2.27. The van der Waals surface area contributed by atoms with Crippen LogP contribution >= 0.6 is 0 Å². The second-order valence-corrected chi connectivity index (χ2v) is 7.68. The molecule has 1 amide bonds. The van der Waals surface area contributed by atoms with Gasteiger partial charge in [0, 0.05) is 25.4 Å². The lowest BCUT2D eigenvalue weighted by Crippen LogP contribution is -2.36. The first-order valence-electron chi connectivity index (χ1n) is 8.42. The summed E-state index contributed by atoms with van der Waals surface area (Å²) in [5.74, 6) is 0.0900. The van der Waals surface area contributed by atoms with Gasteiger partial charge in [-0.1, -0.05) is 12.1 Å². The average molecular weight is 375 g/mol. The molecule has 0 atom stereocenters. The molecule has 0 saturated carbocycles. The Bertz CT molecular complexity index is 893. The minimum absolute atomic E-state index is 0.0542. The summed E-state index contributed by atoms with van der Waals surface area (Å²) in [6.45, 7) is 1.30. The van der Waals surface area contributed by atoms with E-state index in [0.29, 0.717) is 18.8 Å². The fourth-order valence-corrected chi connectivity index (χ4v) is 4.24. The van der Waals surface area contributed by atoms with Gasteiger partial charge in [0.2, 0.25) is 0 Å². The van der Waals surface area contributed by atoms with Crippen LogP contribution in [0.5, 0.6) is 5.75 Å². The fourth-order valence-electron chi connectivity index (χ4n) is 2.98. The van der Waals surface area contributed by atoms with Crippen molar-refractivity contribution in [3.05, 3.63) is 48.3 Å². The van der Waals surface area contributed by atoms with E-state index in [1.165, 1.54) is 25.6 Å². The topological polar surface area (TPSA) is 88.6 Å². The van der Waals surface area contributed by atoms with E-state index in [-0.39, 0.29) is 22.1 Å². The highest BCUT2D eigenvalue weighted by atomic mass is 32.2. The summed E-state index contributed by atoms with van der Waals surface area (Å²) in [5, 5.41) is 0. The number of hydrogen-bond donors (Lipinski definition) is 1.